The smallest absolute Gasteiger partial charge is 0.343 e. The molecule has 1 N–H and O–H groups in total. The summed E-state index contributed by atoms with van der Waals surface area (Å²) < 4.78 is 22.2. The first-order valence-corrected chi connectivity index (χ1v) is 4.31. The van der Waals surface area contributed by atoms with Gasteiger partial charge in [0.2, 0.25) is 0 Å². The van der Waals surface area contributed by atoms with Crippen LogP contribution in [0.15, 0.2) is 0 Å². The van der Waals surface area contributed by atoms with Gasteiger partial charge in [-0.1, -0.05) is 20.8 Å². The maximum atomic E-state index is 10.8. The Hall–Kier alpha value is -0.420. The van der Waals surface area contributed by atoms with E-state index in [1.54, 1.807) is 6.92 Å². The van der Waals surface area contributed by atoms with Gasteiger partial charge in [0.15, 0.2) is 0 Å². The van der Waals surface area contributed by atoms with Crippen LogP contribution >= 0.6 is 0 Å². The third kappa shape index (κ3) is 4.10. The van der Waals surface area contributed by atoms with Crippen LogP contribution in [-0.2, 0) is 20.3 Å². The second-order valence-electron chi connectivity index (χ2n) is 2.65. The molecular formula is C6H12O4S. The Morgan fingerprint density at radius 3 is 2.18 bits per heavy atom. The lowest BCUT2D eigenvalue weighted by Crippen LogP contribution is -2.20. The largest absolute Gasteiger partial charge is 0.360 e. The van der Waals surface area contributed by atoms with Crippen molar-refractivity contribution in [2.75, 3.05) is 0 Å². The molecule has 0 spiro atoms. The van der Waals surface area contributed by atoms with E-state index in [4.69, 9.17) is 4.55 Å². The predicted molar refractivity (Wildman–Crippen MR) is 40.9 cm³/mol. The second-order valence-corrected chi connectivity index (χ2v) is 3.25. The fourth-order valence-electron chi connectivity index (χ4n) is 0.418. The monoisotopic (exact) mass is 180 g/mol. The minimum absolute atomic E-state index is 0.117. The third-order valence-electron chi connectivity index (χ3n) is 1.53. The van der Waals surface area contributed by atoms with Crippen LogP contribution in [0.5, 0.6) is 0 Å². The van der Waals surface area contributed by atoms with Crippen LogP contribution in [0.25, 0.3) is 0 Å². The van der Waals surface area contributed by atoms with Gasteiger partial charge in [0.1, 0.15) is 0 Å². The van der Waals surface area contributed by atoms with E-state index in [0.29, 0.717) is 0 Å². The highest BCUT2D eigenvalue weighted by Crippen LogP contribution is 2.11. The molecule has 0 aromatic rings. The quantitative estimate of drug-likeness (QED) is 0.657. The molecule has 0 fully saturated rings. The first-order chi connectivity index (χ1) is 4.95. The molecule has 0 aliphatic rings. The average Bonchev–Trinajstić information content (AvgIpc) is 1.84. The van der Waals surface area contributed by atoms with Crippen LogP contribution in [0.3, 0.4) is 0 Å². The number of carbonyl (C=O) groups excluding carboxylic acids is 1. The molecule has 0 rings (SSSR count). The molecule has 0 aromatic heterocycles. The summed E-state index contributed by atoms with van der Waals surface area (Å²) in [6, 6.07) is 0. The molecule has 2 atom stereocenters. The molecule has 0 saturated carbocycles. The molecule has 0 aromatic carbocycles. The molecule has 0 saturated heterocycles. The Morgan fingerprint density at radius 2 is 1.91 bits per heavy atom. The molecule has 0 bridgehead atoms. The second kappa shape index (κ2) is 4.46. The lowest BCUT2D eigenvalue weighted by Gasteiger charge is -2.11. The van der Waals surface area contributed by atoms with Crippen LogP contribution in [-0.4, -0.2) is 14.7 Å². The maximum absolute atomic E-state index is 10.8. The molecule has 0 aliphatic heterocycles. The van der Waals surface area contributed by atoms with E-state index in [0.717, 1.165) is 0 Å². The van der Waals surface area contributed by atoms with Crippen LogP contribution in [0.4, 0.5) is 0 Å². The zero-order valence-electron chi connectivity index (χ0n) is 6.73. The first kappa shape index (κ1) is 10.6. The SMILES string of the molecule is CC(C)C(C)C(=O)OS(=O)O. The zero-order valence-corrected chi connectivity index (χ0v) is 7.55. The van der Waals surface area contributed by atoms with Gasteiger partial charge < -0.3 is 4.18 Å². The van der Waals surface area contributed by atoms with E-state index in [2.05, 4.69) is 4.18 Å². The van der Waals surface area contributed by atoms with Gasteiger partial charge in [0.25, 0.3) is 0 Å². The molecule has 5 heteroatoms. The van der Waals surface area contributed by atoms with E-state index in [-0.39, 0.29) is 11.8 Å². The number of hydrogen-bond donors (Lipinski definition) is 1. The molecule has 0 amide bonds. The van der Waals surface area contributed by atoms with Gasteiger partial charge in [-0.3, -0.25) is 9.35 Å². The van der Waals surface area contributed by atoms with E-state index >= 15 is 0 Å². The van der Waals surface area contributed by atoms with Gasteiger partial charge in [-0.25, -0.2) is 0 Å². The van der Waals surface area contributed by atoms with E-state index in [9.17, 15) is 9.00 Å². The van der Waals surface area contributed by atoms with Crippen LogP contribution in [0.2, 0.25) is 0 Å². The first-order valence-electron chi connectivity index (χ1n) is 3.28. The summed E-state index contributed by atoms with van der Waals surface area (Å²) in [6.07, 6.45) is 0. The van der Waals surface area contributed by atoms with Crippen LogP contribution < -0.4 is 0 Å². The molecule has 4 nitrogen and oxygen atoms in total. The van der Waals surface area contributed by atoms with Gasteiger partial charge in [-0.05, 0) is 5.92 Å². The molecule has 66 valence electrons. The summed E-state index contributed by atoms with van der Waals surface area (Å²) in [5.41, 5.74) is 0. The van der Waals surface area contributed by atoms with Crippen molar-refractivity contribution in [3.05, 3.63) is 0 Å². The Morgan fingerprint density at radius 1 is 1.45 bits per heavy atom. The topological polar surface area (TPSA) is 63.6 Å². The van der Waals surface area contributed by atoms with E-state index in [1.807, 2.05) is 13.8 Å². The lowest BCUT2D eigenvalue weighted by molar-refractivity contribution is -0.139. The molecule has 11 heavy (non-hydrogen) atoms. The maximum Gasteiger partial charge on any atom is 0.360 e. The van der Waals surface area contributed by atoms with Crippen molar-refractivity contribution in [1.29, 1.82) is 0 Å². The third-order valence-corrected chi connectivity index (χ3v) is 1.83. The normalized spacial score (nSPS) is 16.1. The fraction of sp³-hybridized carbons (Fsp3) is 0.833. The van der Waals surface area contributed by atoms with Crippen molar-refractivity contribution in [3.63, 3.8) is 0 Å². The van der Waals surface area contributed by atoms with Crippen molar-refractivity contribution in [2.45, 2.75) is 20.8 Å². The van der Waals surface area contributed by atoms with E-state index in [1.165, 1.54) is 0 Å². The highest BCUT2D eigenvalue weighted by Gasteiger charge is 2.19. The highest BCUT2D eigenvalue weighted by molar-refractivity contribution is 7.74. The standard InChI is InChI=1S/C6H12O4S/c1-4(2)5(3)6(7)10-11(8)9/h4-5H,1-3H3,(H,8,9). The Labute approximate surface area is 68.4 Å². The van der Waals surface area contributed by atoms with Gasteiger partial charge >= 0.3 is 17.3 Å². The highest BCUT2D eigenvalue weighted by atomic mass is 32.2. The molecule has 0 radical (unpaired) electrons. The van der Waals surface area contributed by atoms with Crippen LogP contribution in [0.1, 0.15) is 20.8 Å². The molecular weight excluding hydrogens is 168 g/mol. The Bertz CT molecular complexity index is 166. The van der Waals surface area contributed by atoms with Crippen molar-refractivity contribution >= 4 is 17.3 Å². The Balaban J connectivity index is 3.93. The van der Waals surface area contributed by atoms with Gasteiger partial charge in [0.05, 0.1) is 5.92 Å². The molecule has 0 aliphatic carbocycles. The van der Waals surface area contributed by atoms with Crippen molar-refractivity contribution < 1.29 is 17.7 Å². The number of rotatable bonds is 3. The summed E-state index contributed by atoms with van der Waals surface area (Å²) in [5, 5.41) is 0. The fourth-order valence-corrected chi connectivity index (χ4v) is 0.711. The summed E-state index contributed by atoms with van der Waals surface area (Å²) in [7, 11) is 0. The Kier molecular flexibility index (Phi) is 4.29. The van der Waals surface area contributed by atoms with E-state index < -0.39 is 17.3 Å². The summed E-state index contributed by atoms with van der Waals surface area (Å²) in [6.45, 7) is 5.33. The number of carbonyl (C=O) groups is 1. The summed E-state index contributed by atoms with van der Waals surface area (Å²) in [5.74, 6) is -0.863. The summed E-state index contributed by atoms with van der Waals surface area (Å²) >= 11 is -2.48. The van der Waals surface area contributed by atoms with Crippen molar-refractivity contribution in [3.8, 4) is 0 Å². The molecule has 0 heterocycles. The number of hydrogen-bond acceptors (Lipinski definition) is 3. The zero-order chi connectivity index (χ0) is 9.02. The average molecular weight is 180 g/mol. The van der Waals surface area contributed by atoms with Gasteiger partial charge in [-0.2, -0.15) is 4.21 Å². The predicted octanol–water partition coefficient (Wildman–Crippen LogP) is 0.958. The minimum atomic E-state index is -2.48. The molecule has 2 unspecified atom stereocenters. The minimum Gasteiger partial charge on any atom is -0.343 e. The van der Waals surface area contributed by atoms with Gasteiger partial charge in [-0.15, -0.1) is 0 Å². The van der Waals surface area contributed by atoms with Crippen LogP contribution in [0, 0.1) is 11.8 Å². The van der Waals surface area contributed by atoms with Crippen molar-refractivity contribution in [1.82, 2.24) is 0 Å². The van der Waals surface area contributed by atoms with Gasteiger partial charge in [0, 0.05) is 0 Å². The van der Waals surface area contributed by atoms with Crippen molar-refractivity contribution in [2.24, 2.45) is 11.8 Å². The lowest BCUT2D eigenvalue weighted by atomic mass is 9.99. The summed E-state index contributed by atoms with van der Waals surface area (Å²) in [4.78, 5) is 10.8.